The summed E-state index contributed by atoms with van der Waals surface area (Å²) in [5, 5.41) is 0. The minimum absolute atomic E-state index is 0.376. The summed E-state index contributed by atoms with van der Waals surface area (Å²) in [6, 6.07) is 25.4. The van der Waals surface area contributed by atoms with E-state index in [1.807, 2.05) is 24.3 Å². The van der Waals surface area contributed by atoms with Crippen LogP contribution < -0.4 is 13.9 Å². The van der Waals surface area contributed by atoms with E-state index in [1.165, 1.54) is 69.8 Å². The largest absolute Gasteiger partial charge is 0.736 e. The maximum atomic E-state index is 12.8. The maximum Gasteiger partial charge on any atom is 0.372 e. The number of para-hydroxylation sites is 2. The topological polar surface area (TPSA) is 58.6 Å². The number of hydrogen-bond donors (Lipinski definition) is 0. The highest BCUT2D eigenvalue weighted by atomic mass is 31.2. The lowest BCUT2D eigenvalue weighted by Crippen LogP contribution is -2.33. The van der Waals surface area contributed by atoms with Gasteiger partial charge in [-0.15, -0.1) is 0 Å². The summed E-state index contributed by atoms with van der Waals surface area (Å²) in [5.74, 6) is 0.753. The first kappa shape index (κ1) is 39.6. The van der Waals surface area contributed by atoms with Crippen molar-refractivity contribution in [2.75, 3.05) is 21.1 Å². The smallest absolute Gasteiger partial charge is 0.372 e. The number of hydrogen-bond acceptors (Lipinski definition) is 4. The van der Waals surface area contributed by atoms with Gasteiger partial charge in [-0.1, -0.05) is 158 Å². The second-order valence-electron chi connectivity index (χ2n) is 13.5. The Hall–Kier alpha value is -2.59. The minimum atomic E-state index is -4.56. The Balaban J connectivity index is 0.000000562. The molecule has 256 valence electrons. The van der Waals surface area contributed by atoms with E-state index >= 15 is 0 Å². The van der Waals surface area contributed by atoms with Gasteiger partial charge in [0, 0.05) is 5.56 Å². The Morgan fingerprint density at radius 3 is 1.33 bits per heavy atom. The van der Waals surface area contributed by atoms with Gasteiger partial charge in [-0.3, -0.25) is 0 Å². The van der Waals surface area contributed by atoms with Crippen molar-refractivity contribution in [1.29, 1.82) is 0 Å². The molecule has 0 radical (unpaired) electrons. The molecule has 0 aromatic heterocycles. The number of aryl methyl sites for hydroxylation is 2. The van der Waals surface area contributed by atoms with Crippen molar-refractivity contribution >= 4 is 7.82 Å². The molecule has 0 aliphatic heterocycles. The molecule has 3 aromatic rings. The zero-order valence-electron chi connectivity index (χ0n) is 29.6. The Kier molecular flexibility index (Phi) is 19.7. The lowest BCUT2D eigenvalue weighted by molar-refractivity contribution is -0.884. The molecule has 0 aliphatic rings. The molecule has 0 heterocycles. The normalized spacial score (nSPS) is 11.5. The zero-order chi connectivity index (χ0) is 33.5. The molecule has 0 atom stereocenters. The van der Waals surface area contributed by atoms with Crippen LogP contribution in [0.5, 0.6) is 11.5 Å². The average Bonchev–Trinajstić information content (AvgIpc) is 3.01. The number of phosphoric ester groups is 1. The molecule has 46 heavy (non-hydrogen) atoms. The van der Waals surface area contributed by atoms with Crippen molar-refractivity contribution in [1.82, 2.24) is 0 Å². The quantitative estimate of drug-likeness (QED) is 0.0616. The minimum Gasteiger partial charge on any atom is -0.736 e. The van der Waals surface area contributed by atoms with Gasteiger partial charge in [-0.25, -0.2) is 4.57 Å². The van der Waals surface area contributed by atoms with Gasteiger partial charge >= 0.3 is 7.82 Å². The van der Waals surface area contributed by atoms with Gasteiger partial charge in [0.15, 0.2) is 0 Å². The van der Waals surface area contributed by atoms with Crippen molar-refractivity contribution in [2.45, 2.75) is 123 Å². The standard InChI is InChI=1S/C30H47O4P.C10H16N/c1-3-5-7-9-11-13-15-21-27-23-17-19-25-29(27)33-35(31,32)34-30-26-20-18-24-28(30)22-16-14-12-10-8-6-4-2;1-11(2,3)9-10-7-5-4-6-8-10/h17-20,23-26H,3-16,21-22H2,1-2H3,(H,31,32);4-8H,9H2,1-3H3/q;+1/p-1. The van der Waals surface area contributed by atoms with Gasteiger partial charge in [0.25, 0.3) is 0 Å². The molecule has 0 unspecified atom stereocenters. The predicted molar refractivity (Wildman–Crippen MR) is 193 cm³/mol. The monoisotopic (exact) mass is 651 g/mol. The third-order valence-corrected chi connectivity index (χ3v) is 8.81. The first-order chi connectivity index (χ1) is 22.1. The summed E-state index contributed by atoms with van der Waals surface area (Å²) in [6.07, 6.45) is 18.7. The molecular formula is C40H62NO4P. The van der Waals surface area contributed by atoms with E-state index in [9.17, 15) is 9.46 Å². The summed E-state index contributed by atoms with van der Waals surface area (Å²) in [5.41, 5.74) is 3.23. The highest BCUT2D eigenvalue weighted by Crippen LogP contribution is 2.43. The Morgan fingerprint density at radius 2 is 0.913 bits per heavy atom. The van der Waals surface area contributed by atoms with Gasteiger partial charge in [-0.2, -0.15) is 0 Å². The van der Waals surface area contributed by atoms with Gasteiger partial charge in [0.1, 0.15) is 18.0 Å². The fourth-order valence-corrected chi connectivity index (χ4v) is 6.41. The van der Waals surface area contributed by atoms with Crippen molar-refractivity contribution in [2.24, 2.45) is 0 Å². The lowest BCUT2D eigenvalue weighted by atomic mass is 10.0. The highest BCUT2D eigenvalue weighted by Gasteiger charge is 2.17. The van der Waals surface area contributed by atoms with Crippen LogP contribution in [0.4, 0.5) is 0 Å². The van der Waals surface area contributed by atoms with Gasteiger partial charge < -0.3 is 18.4 Å². The molecule has 5 nitrogen and oxygen atoms in total. The molecule has 6 heteroatoms. The summed E-state index contributed by atoms with van der Waals surface area (Å²) < 4.78 is 24.7. The van der Waals surface area contributed by atoms with E-state index in [4.69, 9.17) is 9.05 Å². The van der Waals surface area contributed by atoms with Gasteiger partial charge in [0.2, 0.25) is 0 Å². The van der Waals surface area contributed by atoms with Crippen LogP contribution in [0.1, 0.15) is 120 Å². The van der Waals surface area contributed by atoms with Crippen LogP contribution in [0.3, 0.4) is 0 Å². The van der Waals surface area contributed by atoms with Crippen LogP contribution in [0.2, 0.25) is 0 Å². The molecular weight excluding hydrogens is 589 g/mol. The second kappa shape index (κ2) is 22.9. The van der Waals surface area contributed by atoms with E-state index in [-0.39, 0.29) is 0 Å². The number of rotatable bonds is 22. The summed E-state index contributed by atoms with van der Waals surface area (Å²) in [4.78, 5) is 12.8. The molecule has 0 N–H and O–H groups in total. The SMILES string of the molecule is CCCCCCCCCc1ccccc1OP(=O)([O-])Oc1ccccc1CCCCCCCCC.C[N+](C)(C)Cc1ccccc1. The number of quaternary nitrogens is 1. The maximum absolute atomic E-state index is 12.8. The molecule has 0 saturated carbocycles. The Labute approximate surface area is 281 Å². The summed E-state index contributed by atoms with van der Waals surface area (Å²) in [7, 11) is 2.05. The van der Waals surface area contributed by atoms with Crippen LogP contribution >= 0.6 is 7.82 Å². The van der Waals surface area contributed by atoms with Crippen molar-refractivity contribution < 1.29 is 23.0 Å². The second-order valence-corrected chi connectivity index (χ2v) is 14.8. The third kappa shape index (κ3) is 18.5. The van der Waals surface area contributed by atoms with Crippen LogP contribution in [0.15, 0.2) is 78.9 Å². The predicted octanol–water partition coefficient (Wildman–Crippen LogP) is 11.1. The molecule has 3 rings (SSSR count). The Bertz CT molecular complexity index is 1170. The van der Waals surface area contributed by atoms with E-state index < -0.39 is 7.82 Å². The average molecular weight is 652 g/mol. The molecule has 0 amide bonds. The zero-order valence-corrected chi connectivity index (χ0v) is 30.4. The molecule has 0 aliphatic carbocycles. The Morgan fingerprint density at radius 1 is 0.543 bits per heavy atom. The fourth-order valence-electron chi connectivity index (χ4n) is 5.53. The van der Waals surface area contributed by atoms with Crippen molar-refractivity contribution in [3.8, 4) is 11.5 Å². The lowest BCUT2D eigenvalue weighted by Gasteiger charge is -2.26. The van der Waals surface area contributed by atoms with E-state index in [0.717, 1.165) is 60.7 Å². The third-order valence-electron chi connectivity index (χ3n) is 7.96. The summed E-state index contributed by atoms with van der Waals surface area (Å²) in [6.45, 7) is 5.55. The fraction of sp³-hybridized carbons (Fsp3) is 0.550. The van der Waals surface area contributed by atoms with Crippen LogP contribution in [-0.2, 0) is 24.0 Å². The number of unbranched alkanes of at least 4 members (excludes halogenated alkanes) is 12. The van der Waals surface area contributed by atoms with Crippen molar-refractivity contribution in [3.05, 3.63) is 95.6 Å². The number of nitrogens with zero attached hydrogens (tertiary/aromatic N) is 1. The van der Waals surface area contributed by atoms with Crippen LogP contribution in [-0.4, -0.2) is 25.6 Å². The molecule has 0 spiro atoms. The first-order valence-electron chi connectivity index (χ1n) is 17.8. The van der Waals surface area contributed by atoms with E-state index in [2.05, 4.69) is 65.3 Å². The molecule has 0 fully saturated rings. The first-order valence-corrected chi connectivity index (χ1v) is 19.3. The van der Waals surface area contributed by atoms with Gasteiger partial charge in [-0.05, 0) is 48.9 Å². The summed E-state index contributed by atoms with van der Waals surface area (Å²) >= 11 is 0. The van der Waals surface area contributed by atoms with E-state index in [1.54, 1.807) is 24.3 Å². The van der Waals surface area contributed by atoms with Gasteiger partial charge in [0.05, 0.1) is 21.1 Å². The van der Waals surface area contributed by atoms with Crippen molar-refractivity contribution in [3.63, 3.8) is 0 Å². The van der Waals surface area contributed by atoms with E-state index in [0.29, 0.717) is 11.5 Å². The number of benzene rings is 3. The van der Waals surface area contributed by atoms with Crippen LogP contribution in [0, 0.1) is 0 Å². The molecule has 3 aromatic carbocycles. The molecule has 0 saturated heterocycles. The van der Waals surface area contributed by atoms with Crippen LogP contribution in [0.25, 0.3) is 0 Å². The number of phosphoric acid groups is 1. The molecule has 0 bridgehead atoms. The highest BCUT2D eigenvalue weighted by molar-refractivity contribution is 7.46.